The number of alkyl halides is 1. The van der Waals surface area contributed by atoms with Crippen LogP contribution in [-0.2, 0) is 4.79 Å². The van der Waals surface area contributed by atoms with Gasteiger partial charge in [-0.15, -0.1) is 0 Å². The Kier molecular flexibility index (Phi) is 5.13. The van der Waals surface area contributed by atoms with E-state index in [2.05, 4.69) is 33.4 Å². The molecule has 13 heavy (non-hydrogen) atoms. The number of halogens is 1. The highest BCUT2D eigenvalue weighted by Gasteiger charge is 2.12. The average molecular weight is 246 g/mol. The van der Waals surface area contributed by atoms with Crippen molar-refractivity contribution in [1.29, 1.82) is 0 Å². The van der Waals surface area contributed by atoms with Crippen LogP contribution in [0.2, 0.25) is 0 Å². The zero-order chi connectivity index (χ0) is 9.52. The third-order valence-corrected chi connectivity index (χ3v) is 2.72. The van der Waals surface area contributed by atoms with E-state index in [1.54, 1.807) is 0 Å². The molecule has 1 aliphatic carbocycles. The van der Waals surface area contributed by atoms with Crippen molar-refractivity contribution in [2.24, 2.45) is 0 Å². The number of amides is 1. The minimum atomic E-state index is 0.203. The topological polar surface area (TPSA) is 29.1 Å². The first-order chi connectivity index (χ1) is 6.33. The van der Waals surface area contributed by atoms with Crippen molar-refractivity contribution in [3.63, 3.8) is 0 Å². The summed E-state index contributed by atoms with van der Waals surface area (Å²) in [6.45, 7) is 0. The van der Waals surface area contributed by atoms with Crippen LogP contribution in [0.1, 0.15) is 32.1 Å². The van der Waals surface area contributed by atoms with E-state index >= 15 is 0 Å². The van der Waals surface area contributed by atoms with E-state index in [9.17, 15) is 4.79 Å². The Labute approximate surface area is 87.9 Å². The largest absolute Gasteiger partial charge is 0.353 e. The van der Waals surface area contributed by atoms with Crippen LogP contribution in [0.15, 0.2) is 12.2 Å². The lowest BCUT2D eigenvalue weighted by Crippen LogP contribution is -2.32. The van der Waals surface area contributed by atoms with Gasteiger partial charge in [0.15, 0.2) is 0 Å². The van der Waals surface area contributed by atoms with Gasteiger partial charge >= 0.3 is 0 Å². The maximum atomic E-state index is 11.3. The molecule has 74 valence electrons. The summed E-state index contributed by atoms with van der Waals surface area (Å²) < 4.78 is 0. The van der Waals surface area contributed by atoms with Gasteiger partial charge in [0.05, 0.1) is 0 Å². The second-order valence-electron chi connectivity index (χ2n) is 3.35. The van der Waals surface area contributed by atoms with E-state index in [1.807, 2.05) is 0 Å². The van der Waals surface area contributed by atoms with Gasteiger partial charge in [-0.3, -0.25) is 4.79 Å². The maximum Gasteiger partial charge on any atom is 0.220 e. The molecule has 0 spiro atoms. The maximum absolute atomic E-state index is 11.3. The quantitative estimate of drug-likeness (QED) is 0.450. The lowest BCUT2D eigenvalue weighted by Gasteiger charge is -2.11. The summed E-state index contributed by atoms with van der Waals surface area (Å²) in [5, 5.41) is 4.01. The summed E-state index contributed by atoms with van der Waals surface area (Å²) in [4.78, 5) is 11.3. The SMILES string of the molecule is O=C(CCCCBr)NC1CC=CC1. The number of rotatable bonds is 5. The van der Waals surface area contributed by atoms with E-state index < -0.39 is 0 Å². The second-order valence-corrected chi connectivity index (χ2v) is 4.15. The van der Waals surface area contributed by atoms with Gasteiger partial charge in [0.1, 0.15) is 0 Å². The predicted molar refractivity (Wildman–Crippen MR) is 57.9 cm³/mol. The molecule has 0 aromatic rings. The molecule has 2 nitrogen and oxygen atoms in total. The molecule has 0 heterocycles. The minimum Gasteiger partial charge on any atom is -0.353 e. The van der Waals surface area contributed by atoms with Crippen LogP contribution < -0.4 is 5.32 Å². The van der Waals surface area contributed by atoms with E-state index in [1.165, 1.54) is 0 Å². The number of nitrogens with one attached hydrogen (secondary N) is 1. The minimum absolute atomic E-state index is 0.203. The Bertz CT molecular complexity index is 183. The Balaban J connectivity index is 2.03. The molecule has 0 fully saturated rings. The molecule has 0 bridgehead atoms. The predicted octanol–water partition coefficient (Wildman–Crippen LogP) is 2.39. The fourth-order valence-electron chi connectivity index (χ4n) is 1.41. The zero-order valence-corrected chi connectivity index (χ0v) is 9.35. The smallest absolute Gasteiger partial charge is 0.220 e. The monoisotopic (exact) mass is 245 g/mol. The Morgan fingerprint density at radius 3 is 2.69 bits per heavy atom. The molecule has 0 saturated heterocycles. The van der Waals surface area contributed by atoms with Crippen LogP contribution >= 0.6 is 15.9 Å². The normalized spacial score (nSPS) is 16.4. The molecule has 1 amide bonds. The van der Waals surface area contributed by atoms with Gasteiger partial charge in [0.2, 0.25) is 5.91 Å². The van der Waals surface area contributed by atoms with E-state index in [0.29, 0.717) is 12.5 Å². The molecule has 0 unspecified atom stereocenters. The molecule has 0 aliphatic heterocycles. The summed E-state index contributed by atoms with van der Waals surface area (Å²) in [6, 6.07) is 0.372. The van der Waals surface area contributed by atoms with Gasteiger partial charge in [-0.2, -0.15) is 0 Å². The molecule has 0 aromatic carbocycles. The standard InChI is InChI=1S/C10H16BrNO/c11-8-4-3-7-10(13)12-9-5-1-2-6-9/h1-2,9H,3-8H2,(H,12,13). The number of hydrogen-bond donors (Lipinski definition) is 1. The van der Waals surface area contributed by atoms with E-state index in [-0.39, 0.29) is 5.91 Å². The molecule has 3 heteroatoms. The van der Waals surface area contributed by atoms with Gasteiger partial charge in [-0.25, -0.2) is 0 Å². The zero-order valence-electron chi connectivity index (χ0n) is 7.76. The van der Waals surface area contributed by atoms with Crippen molar-refractivity contribution in [3.05, 3.63) is 12.2 Å². The lowest BCUT2D eigenvalue weighted by molar-refractivity contribution is -0.121. The average Bonchev–Trinajstić information content (AvgIpc) is 2.57. The van der Waals surface area contributed by atoms with Crippen molar-refractivity contribution in [2.45, 2.75) is 38.1 Å². The highest BCUT2D eigenvalue weighted by Crippen LogP contribution is 2.09. The Hall–Kier alpha value is -0.310. The first kappa shape index (κ1) is 10.8. The third-order valence-electron chi connectivity index (χ3n) is 2.16. The molecule has 1 N–H and O–H groups in total. The van der Waals surface area contributed by atoms with Gasteiger partial charge in [0.25, 0.3) is 0 Å². The van der Waals surface area contributed by atoms with Crippen molar-refractivity contribution in [1.82, 2.24) is 5.32 Å². The number of carbonyl (C=O) groups is 1. The van der Waals surface area contributed by atoms with Gasteiger partial charge < -0.3 is 5.32 Å². The molecule has 0 atom stereocenters. The Morgan fingerprint density at radius 2 is 2.08 bits per heavy atom. The molecule has 0 saturated carbocycles. The molecular weight excluding hydrogens is 230 g/mol. The lowest BCUT2D eigenvalue weighted by atomic mass is 10.2. The van der Waals surface area contributed by atoms with Crippen molar-refractivity contribution < 1.29 is 4.79 Å². The summed E-state index contributed by atoms with van der Waals surface area (Å²) in [5.74, 6) is 0.203. The first-order valence-corrected chi connectivity index (χ1v) is 5.95. The molecule has 1 aliphatic rings. The summed E-state index contributed by atoms with van der Waals surface area (Å²) in [5.41, 5.74) is 0. The van der Waals surface area contributed by atoms with Gasteiger partial charge in [-0.1, -0.05) is 28.1 Å². The van der Waals surface area contributed by atoms with Gasteiger partial charge in [0, 0.05) is 17.8 Å². The summed E-state index contributed by atoms with van der Waals surface area (Å²) in [6.07, 6.45) is 9.00. The first-order valence-electron chi connectivity index (χ1n) is 4.83. The van der Waals surface area contributed by atoms with Crippen molar-refractivity contribution in [3.8, 4) is 0 Å². The fraction of sp³-hybridized carbons (Fsp3) is 0.700. The van der Waals surface area contributed by atoms with Crippen LogP contribution in [0, 0.1) is 0 Å². The van der Waals surface area contributed by atoms with E-state index in [0.717, 1.165) is 31.0 Å². The summed E-state index contributed by atoms with van der Waals surface area (Å²) >= 11 is 3.35. The second kappa shape index (κ2) is 6.19. The Morgan fingerprint density at radius 1 is 1.38 bits per heavy atom. The van der Waals surface area contributed by atoms with Crippen LogP contribution in [0.5, 0.6) is 0 Å². The van der Waals surface area contributed by atoms with Crippen LogP contribution in [0.4, 0.5) is 0 Å². The third kappa shape index (κ3) is 4.46. The molecule has 0 aromatic heterocycles. The molecule has 1 rings (SSSR count). The van der Waals surface area contributed by atoms with Crippen LogP contribution in [-0.4, -0.2) is 17.3 Å². The fourth-order valence-corrected chi connectivity index (χ4v) is 1.81. The highest BCUT2D eigenvalue weighted by atomic mass is 79.9. The highest BCUT2D eigenvalue weighted by molar-refractivity contribution is 9.09. The summed E-state index contributed by atoms with van der Waals surface area (Å²) in [7, 11) is 0. The molecular formula is C10H16BrNO. The number of hydrogen-bond acceptors (Lipinski definition) is 1. The van der Waals surface area contributed by atoms with E-state index in [4.69, 9.17) is 0 Å². The number of unbranched alkanes of at least 4 members (excludes halogenated alkanes) is 1. The van der Waals surface area contributed by atoms with Crippen LogP contribution in [0.25, 0.3) is 0 Å². The number of carbonyl (C=O) groups excluding carboxylic acids is 1. The molecule has 0 radical (unpaired) electrons. The van der Waals surface area contributed by atoms with Crippen LogP contribution in [0.3, 0.4) is 0 Å². The van der Waals surface area contributed by atoms with Crippen molar-refractivity contribution in [2.75, 3.05) is 5.33 Å². The van der Waals surface area contributed by atoms with Crippen molar-refractivity contribution >= 4 is 21.8 Å². The van der Waals surface area contributed by atoms with Gasteiger partial charge in [-0.05, 0) is 25.7 Å².